The van der Waals surface area contributed by atoms with Gasteiger partial charge in [-0.1, -0.05) is 34.6 Å². The van der Waals surface area contributed by atoms with Crippen molar-refractivity contribution in [2.45, 2.75) is 47.2 Å². The van der Waals surface area contributed by atoms with E-state index in [-0.39, 0.29) is 0 Å². The largest absolute Gasteiger partial charge is 0.301 e. The molecule has 0 aliphatic carbocycles. The molecule has 0 aromatic rings. The minimum absolute atomic E-state index is 0.306. The monoisotopic (exact) mass is 184 g/mol. The number of hydrogen-bond acceptors (Lipinski definition) is 2. The van der Waals surface area contributed by atoms with Gasteiger partial charge in [0.1, 0.15) is 0 Å². The molecule has 1 unspecified atom stereocenters. The van der Waals surface area contributed by atoms with Crippen molar-refractivity contribution in [3.8, 4) is 0 Å². The molecular formula is C11H24N2. The lowest BCUT2D eigenvalue weighted by atomic mass is 9.89. The zero-order chi connectivity index (χ0) is 10.1. The van der Waals surface area contributed by atoms with E-state index in [2.05, 4.69) is 45.3 Å². The lowest BCUT2D eigenvalue weighted by Gasteiger charge is -2.31. The van der Waals surface area contributed by atoms with E-state index < -0.39 is 0 Å². The third-order valence-corrected chi connectivity index (χ3v) is 2.80. The molecule has 1 fully saturated rings. The van der Waals surface area contributed by atoms with E-state index >= 15 is 0 Å². The van der Waals surface area contributed by atoms with Gasteiger partial charge in [-0.05, 0) is 23.8 Å². The van der Waals surface area contributed by atoms with Gasteiger partial charge >= 0.3 is 0 Å². The molecule has 0 aromatic carbocycles. The fourth-order valence-electron chi connectivity index (χ4n) is 1.71. The van der Waals surface area contributed by atoms with Crippen LogP contribution in [0.25, 0.3) is 0 Å². The Morgan fingerprint density at radius 1 is 1.15 bits per heavy atom. The van der Waals surface area contributed by atoms with Crippen LogP contribution in [-0.4, -0.2) is 19.3 Å². The Labute approximate surface area is 82.5 Å². The first-order valence-corrected chi connectivity index (χ1v) is 5.28. The van der Waals surface area contributed by atoms with E-state index in [0.29, 0.717) is 17.0 Å². The van der Waals surface area contributed by atoms with Crippen molar-refractivity contribution < 1.29 is 0 Å². The first-order chi connectivity index (χ1) is 5.81. The smallest absolute Gasteiger partial charge is 0.0621 e. The van der Waals surface area contributed by atoms with Crippen LogP contribution >= 0.6 is 0 Å². The standard InChI is InChI=1S/C11H24N2/c1-10(2,3)9-12-7-6-11(4,5)8-13-9/h9,12-13H,6-8H2,1-5H3. The molecule has 1 heterocycles. The molecule has 13 heavy (non-hydrogen) atoms. The van der Waals surface area contributed by atoms with Gasteiger partial charge in [0.15, 0.2) is 0 Å². The van der Waals surface area contributed by atoms with Crippen LogP contribution in [0.15, 0.2) is 0 Å². The second-order valence-electron chi connectivity index (χ2n) is 6.05. The Hall–Kier alpha value is -0.0800. The minimum Gasteiger partial charge on any atom is -0.301 e. The molecule has 0 spiro atoms. The maximum Gasteiger partial charge on any atom is 0.0621 e. The molecule has 0 amide bonds. The van der Waals surface area contributed by atoms with Gasteiger partial charge in [0.05, 0.1) is 6.17 Å². The van der Waals surface area contributed by atoms with E-state index in [4.69, 9.17) is 0 Å². The Kier molecular flexibility index (Phi) is 3.03. The molecule has 1 saturated heterocycles. The van der Waals surface area contributed by atoms with Gasteiger partial charge in [0.2, 0.25) is 0 Å². The molecule has 0 saturated carbocycles. The van der Waals surface area contributed by atoms with Crippen LogP contribution < -0.4 is 10.6 Å². The third-order valence-electron chi connectivity index (χ3n) is 2.80. The highest BCUT2D eigenvalue weighted by atomic mass is 15.1. The summed E-state index contributed by atoms with van der Waals surface area (Å²) in [6, 6.07) is 0. The lowest BCUT2D eigenvalue weighted by molar-refractivity contribution is 0.229. The SMILES string of the molecule is CC1(C)CCNC(C(C)(C)C)NC1. The van der Waals surface area contributed by atoms with Crippen LogP contribution in [0.2, 0.25) is 0 Å². The van der Waals surface area contributed by atoms with E-state index in [0.717, 1.165) is 13.1 Å². The van der Waals surface area contributed by atoms with E-state index in [1.807, 2.05) is 0 Å². The van der Waals surface area contributed by atoms with E-state index in [1.165, 1.54) is 6.42 Å². The summed E-state index contributed by atoms with van der Waals surface area (Å²) < 4.78 is 0. The molecule has 1 aliphatic rings. The van der Waals surface area contributed by atoms with Gasteiger partial charge < -0.3 is 10.6 Å². The molecule has 0 radical (unpaired) electrons. The van der Waals surface area contributed by atoms with E-state index in [1.54, 1.807) is 0 Å². The topological polar surface area (TPSA) is 24.1 Å². The maximum absolute atomic E-state index is 3.60. The van der Waals surface area contributed by atoms with Crippen molar-refractivity contribution in [2.24, 2.45) is 10.8 Å². The Morgan fingerprint density at radius 2 is 1.77 bits per heavy atom. The van der Waals surface area contributed by atoms with Gasteiger partial charge in [-0.25, -0.2) is 0 Å². The zero-order valence-corrected chi connectivity index (χ0v) is 9.70. The second-order valence-corrected chi connectivity index (χ2v) is 6.05. The summed E-state index contributed by atoms with van der Waals surface area (Å²) >= 11 is 0. The molecule has 78 valence electrons. The van der Waals surface area contributed by atoms with Crippen molar-refractivity contribution >= 4 is 0 Å². The first kappa shape index (κ1) is 11.0. The first-order valence-electron chi connectivity index (χ1n) is 5.28. The minimum atomic E-state index is 0.306. The lowest BCUT2D eigenvalue weighted by Crippen LogP contribution is -2.50. The van der Waals surface area contributed by atoms with Crippen LogP contribution in [0.4, 0.5) is 0 Å². The highest BCUT2D eigenvalue weighted by molar-refractivity contribution is 4.85. The van der Waals surface area contributed by atoms with Gasteiger partial charge in [-0.2, -0.15) is 0 Å². The summed E-state index contributed by atoms with van der Waals surface area (Å²) in [5.41, 5.74) is 0.743. The second kappa shape index (κ2) is 3.58. The molecule has 1 rings (SSSR count). The van der Waals surface area contributed by atoms with Gasteiger partial charge in [0, 0.05) is 6.54 Å². The maximum atomic E-state index is 3.60. The van der Waals surface area contributed by atoms with Crippen LogP contribution in [0.1, 0.15) is 41.0 Å². The van der Waals surface area contributed by atoms with Crippen LogP contribution in [-0.2, 0) is 0 Å². The van der Waals surface area contributed by atoms with Crippen LogP contribution in [0.3, 0.4) is 0 Å². The Balaban J connectivity index is 2.55. The summed E-state index contributed by atoms with van der Waals surface area (Å²) in [6.45, 7) is 13.7. The molecule has 1 atom stereocenters. The molecule has 2 heteroatoms. The van der Waals surface area contributed by atoms with Crippen LogP contribution in [0, 0.1) is 10.8 Å². The molecule has 2 N–H and O–H groups in total. The average molecular weight is 184 g/mol. The van der Waals surface area contributed by atoms with Crippen molar-refractivity contribution in [1.29, 1.82) is 0 Å². The predicted molar refractivity (Wildman–Crippen MR) is 57.6 cm³/mol. The van der Waals surface area contributed by atoms with Crippen LogP contribution in [0.5, 0.6) is 0 Å². The van der Waals surface area contributed by atoms with Crippen molar-refractivity contribution in [3.63, 3.8) is 0 Å². The van der Waals surface area contributed by atoms with Crippen molar-refractivity contribution in [3.05, 3.63) is 0 Å². The molecule has 0 aromatic heterocycles. The van der Waals surface area contributed by atoms with Crippen molar-refractivity contribution in [1.82, 2.24) is 10.6 Å². The average Bonchev–Trinajstić information content (AvgIpc) is 2.08. The summed E-state index contributed by atoms with van der Waals surface area (Å²) in [5.74, 6) is 0. The van der Waals surface area contributed by atoms with Crippen molar-refractivity contribution in [2.75, 3.05) is 13.1 Å². The summed E-state index contributed by atoms with van der Waals surface area (Å²) in [4.78, 5) is 0. The fourth-order valence-corrected chi connectivity index (χ4v) is 1.71. The molecule has 0 bridgehead atoms. The molecule has 2 nitrogen and oxygen atoms in total. The molecular weight excluding hydrogens is 160 g/mol. The third kappa shape index (κ3) is 3.28. The fraction of sp³-hybridized carbons (Fsp3) is 1.00. The number of nitrogens with one attached hydrogen (secondary N) is 2. The highest BCUT2D eigenvalue weighted by Gasteiger charge is 2.29. The zero-order valence-electron chi connectivity index (χ0n) is 9.70. The number of rotatable bonds is 0. The van der Waals surface area contributed by atoms with E-state index in [9.17, 15) is 0 Å². The highest BCUT2D eigenvalue weighted by Crippen LogP contribution is 2.24. The summed E-state index contributed by atoms with van der Waals surface area (Å²) in [7, 11) is 0. The Morgan fingerprint density at radius 3 is 2.31 bits per heavy atom. The normalized spacial score (nSPS) is 29.8. The predicted octanol–water partition coefficient (Wildman–Crippen LogP) is 1.97. The Bertz CT molecular complexity index is 167. The van der Waals surface area contributed by atoms with Gasteiger partial charge in [0.25, 0.3) is 0 Å². The van der Waals surface area contributed by atoms with Gasteiger partial charge in [-0.3, -0.25) is 0 Å². The number of hydrogen-bond donors (Lipinski definition) is 2. The molecule has 1 aliphatic heterocycles. The van der Waals surface area contributed by atoms with Gasteiger partial charge in [-0.15, -0.1) is 0 Å². The summed E-state index contributed by atoms with van der Waals surface area (Å²) in [5, 5.41) is 7.17. The summed E-state index contributed by atoms with van der Waals surface area (Å²) in [6.07, 6.45) is 1.71. The quantitative estimate of drug-likeness (QED) is 0.601.